The molecule has 0 aromatic carbocycles. The van der Waals surface area contributed by atoms with E-state index in [0.29, 0.717) is 23.9 Å². The number of rotatable bonds is 9. The van der Waals surface area contributed by atoms with E-state index in [9.17, 15) is 4.79 Å². The van der Waals surface area contributed by atoms with Crippen molar-refractivity contribution in [2.24, 2.45) is 35.3 Å². The largest absolute Gasteiger partial charge is 0.353 e. The predicted molar refractivity (Wildman–Crippen MR) is 147 cm³/mol. The third-order valence-corrected chi connectivity index (χ3v) is 10.8. The third-order valence-electron chi connectivity index (χ3n) is 10.8. The summed E-state index contributed by atoms with van der Waals surface area (Å²) in [5, 5.41) is 10.8. The zero-order valence-electron chi connectivity index (χ0n) is 22.9. The van der Waals surface area contributed by atoms with Crippen LogP contribution in [0.2, 0.25) is 0 Å². The summed E-state index contributed by atoms with van der Waals surface area (Å²) in [5.74, 6) is 4.05. The molecule has 206 valence electrons. The molecule has 5 aliphatic rings. The minimum absolute atomic E-state index is 0.255. The van der Waals surface area contributed by atoms with E-state index < -0.39 is 0 Å². The molecule has 5 N–H and O–H groups in total. The van der Waals surface area contributed by atoms with Crippen molar-refractivity contribution in [1.82, 2.24) is 20.9 Å². The van der Waals surface area contributed by atoms with Gasteiger partial charge in [-0.05, 0) is 107 Å². The molecule has 0 spiro atoms. The highest BCUT2D eigenvalue weighted by Crippen LogP contribution is 2.42. The highest BCUT2D eigenvalue weighted by molar-refractivity contribution is 5.79. The molecule has 1 saturated heterocycles. The van der Waals surface area contributed by atoms with Crippen LogP contribution in [-0.4, -0.2) is 61.8 Å². The highest BCUT2D eigenvalue weighted by atomic mass is 16.1. The number of nitrogens with one attached hydrogen (secondary N) is 3. The maximum Gasteiger partial charge on any atom is 0.223 e. The lowest BCUT2D eigenvalue weighted by Gasteiger charge is -2.42. The van der Waals surface area contributed by atoms with E-state index in [0.717, 1.165) is 62.9 Å². The quantitative estimate of drug-likeness (QED) is 0.359. The van der Waals surface area contributed by atoms with Crippen LogP contribution in [0.25, 0.3) is 0 Å². The smallest absolute Gasteiger partial charge is 0.223 e. The number of hydrogen-bond acceptors (Lipinski definition) is 5. The normalized spacial score (nSPS) is 38.5. The molecule has 36 heavy (non-hydrogen) atoms. The van der Waals surface area contributed by atoms with Crippen LogP contribution in [0.4, 0.5) is 0 Å². The Morgan fingerprint density at radius 1 is 0.833 bits per heavy atom. The van der Waals surface area contributed by atoms with Gasteiger partial charge >= 0.3 is 0 Å². The van der Waals surface area contributed by atoms with Crippen LogP contribution in [0.5, 0.6) is 0 Å². The van der Waals surface area contributed by atoms with E-state index in [4.69, 9.17) is 5.73 Å². The first-order valence-corrected chi connectivity index (χ1v) is 15.9. The average Bonchev–Trinajstić information content (AvgIpc) is 3.32. The summed E-state index contributed by atoms with van der Waals surface area (Å²) >= 11 is 0. The van der Waals surface area contributed by atoms with Crippen LogP contribution >= 0.6 is 0 Å². The molecular formula is C30H55N5O. The van der Waals surface area contributed by atoms with Crippen LogP contribution in [0, 0.1) is 29.6 Å². The van der Waals surface area contributed by atoms with Crippen LogP contribution in [0.15, 0.2) is 0 Å². The molecule has 1 heterocycles. The monoisotopic (exact) mass is 501 g/mol. The molecule has 0 aromatic heterocycles. The predicted octanol–water partition coefficient (Wildman–Crippen LogP) is 4.00. The zero-order chi connectivity index (χ0) is 24.7. The summed E-state index contributed by atoms with van der Waals surface area (Å²) in [6.07, 6.45) is 20.9. The van der Waals surface area contributed by atoms with Crippen molar-refractivity contribution < 1.29 is 4.79 Å². The first-order valence-electron chi connectivity index (χ1n) is 15.9. The van der Waals surface area contributed by atoms with Crippen LogP contribution in [0.1, 0.15) is 103 Å². The average molecular weight is 502 g/mol. The van der Waals surface area contributed by atoms with Crippen molar-refractivity contribution in [1.29, 1.82) is 0 Å². The number of nitrogens with two attached hydrogens (primary N) is 1. The van der Waals surface area contributed by atoms with Gasteiger partial charge in [-0.1, -0.05) is 25.7 Å². The van der Waals surface area contributed by atoms with E-state index in [2.05, 4.69) is 20.9 Å². The van der Waals surface area contributed by atoms with Crippen LogP contribution < -0.4 is 21.7 Å². The van der Waals surface area contributed by atoms with E-state index in [-0.39, 0.29) is 5.92 Å². The van der Waals surface area contributed by atoms with E-state index in [1.807, 2.05) is 0 Å². The Morgan fingerprint density at radius 2 is 1.64 bits per heavy atom. The summed E-state index contributed by atoms with van der Waals surface area (Å²) in [6, 6.07) is 1.88. The standard InChI is InChI=1S/C30H55N5O/c31-15-16-32-19-22-9-11-24(12-10-22)25-13-14-28-29(18-25)35(21-33-28)20-23-5-4-6-26(17-23)30(36)34-27-7-2-1-3-8-27/h22-29,32-33H,1-21,31H2,(H,34,36). The Labute approximate surface area is 220 Å². The third kappa shape index (κ3) is 7.03. The van der Waals surface area contributed by atoms with Gasteiger partial charge in [-0.15, -0.1) is 0 Å². The van der Waals surface area contributed by atoms with E-state index in [1.54, 1.807) is 0 Å². The maximum absolute atomic E-state index is 13.0. The molecule has 1 aliphatic heterocycles. The molecule has 5 atom stereocenters. The van der Waals surface area contributed by atoms with Gasteiger partial charge in [-0.3, -0.25) is 15.0 Å². The van der Waals surface area contributed by atoms with Crippen molar-refractivity contribution in [2.75, 3.05) is 32.8 Å². The Morgan fingerprint density at radius 3 is 2.44 bits per heavy atom. The number of hydrogen-bond donors (Lipinski definition) is 4. The first kappa shape index (κ1) is 26.9. The van der Waals surface area contributed by atoms with Crippen molar-refractivity contribution in [2.45, 2.75) is 121 Å². The van der Waals surface area contributed by atoms with Gasteiger partial charge in [-0.25, -0.2) is 0 Å². The number of fused-ring (bicyclic) bond motifs is 1. The minimum atomic E-state index is 0.255. The zero-order valence-corrected chi connectivity index (χ0v) is 22.9. The second-order valence-corrected chi connectivity index (χ2v) is 13.2. The van der Waals surface area contributed by atoms with Crippen molar-refractivity contribution in [3.8, 4) is 0 Å². The fourth-order valence-electron chi connectivity index (χ4n) is 8.66. The topological polar surface area (TPSA) is 82.4 Å². The van der Waals surface area contributed by atoms with Gasteiger partial charge in [0.25, 0.3) is 0 Å². The van der Waals surface area contributed by atoms with Gasteiger partial charge in [0, 0.05) is 50.3 Å². The number of amides is 1. The summed E-state index contributed by atoms with van der Waals surface area (Å²) in [7, 11) is 0. The Kier molecular flexibility index (Phi) is 10.0. The molecule has 0 radical (unpaired) electrons. The number of carbonyl (C=O) groups is 1. The van der Waals surface area contributed by atoms with Crippen molar-refractivity contribution >= 4 is 5.91 Å². The molecule has 5 rings (SSSR count). The lowest BCUT2D eigenvalue weighted by atomic mass is 9.69. The molecular weight excluding hydrogens is 446 g/mol. The Hall–Kier alpha value is -0.690. The van der Waals surface area contributed by atoms with Gasteiger partial charge in [0.15, 0.2) is 0 Å². The fourth-order valence-corrected chi connectivity index (χ4v) is 8.66. The molecule has 6 heteroatoms. The second kappa shape index (κ2) is 13.4. The van der Waals surface area contributed by atoms with Crippen molar-refractivity contribution in [3.63, 3.8) is 0 Å². The molecule has 6 nitrogen and oxygen atoms in total. The maximum atomic E-state index is 13.0. The second-order valence-electron chi connectivity index (χ2n) is 13.2. The summed E-state index contributed by atoms with van der Waals surface area (Å²) in [5.41, 5.74) is 5.64. The lowest BCUT2D eigenvalue weighted by Crippen LogP contribution is -2.46. The molecule has 5 fully saturated rings. The summed E-state index contributed by atoms with van der Waals surface area (Å²) < 4.78 is 0. The molecule has 0 bridgehead atoms. The molecule has 4 saturated carbocycles. The van der Waals surface area contributed by atoms with Gasteiger partial charge in [0.2, 0.25) is 5.91 Å². The Bertz CT molecular complexity index is 674. The number of nitrogens with zero attached hydrogens (tertiary/aromatic N) is 1. The molecule has 1 amide bonds. The van der Waals surface area contributed by atoms with Gasteiger partial charge in [-0.2, -0.15) is 0 Å². The fraction of sp³-hybridized carbons (Fsp3) is 0.967. The van der Waals surface area contributed by atoms with Crippen LogP contribution in [-0.2, 0) is 4.79 Å². The molecule has 5 unspecified atom stereocenters. The van der Waals surface area contributed by atoms with Gasteiger partial charge in [0.05, 0.1) is 0 Å². The van der Waals surface area contributed by atoms with E-state index >= 15 is 0 Å². The molecule has 4 aliphatic carbocycles. The lowest BCUT2D eigenvalue weighted by molar-refractivity contribution is -0.127. The van der Waals surface area contributed by atoms with E-state index in [1.165, 1.54) is 96.4 Å². The van der Waals surface area contributed by atoms with Crippen molar-refractivity contribution in [3.05, 3.63) is 0 Å². The van der Waals surface area contributed by atoms with Crippen LogP contribution in [0.3, 0.4) is 0 Å². The Balaban J connectivity index is 1.07. The van der Waals surface area contributed by atoms with Gasteiger partial charge in [0.1, 0.15) is 0 Å². The highest BCUT2D eigenvalue weighted by Gasteiger charge is 2.42. The minimum Gasteiger partial charge on any atom is -0.353 e. The summed E-state index contributed by atoms with van der Waals surface area (Å²) in [6.45, 7) is 5.14. The SMILES string of the molecule is NCCNCC1CCC(C2CCC3NCN(CC4CCCC(C(=O)NC5CCCCC5)C4)C3C2)CC1. The number of carbonyl (C=O) groups excluding carboxylic acids is 1. The van der Waals surface area contributed by atoms with Gasteiger partial charge < -0.3 is 16.4 Å². The summed E-state index contributed by atoms with van der Waals surface area (Å²) in [4.78, 5) is 15.8. The molecule has 0 aromatic rings. The first-order chi connectivity index (χ1) is 17.7.